The SMILES string of the molecule is COc1ccc(NC(=O)c2ccc(NCC(=O)Nc3ccc(S(=O)(=O)N(C)C)cc3)cc2)cc1. The minimum atomic E-state index is -3.52. The Bertz CT molecular complexity index is 1240. The molecule has 3 aromatic carbocycles. The van der Waals surface area contributed by atoms with Gasteiger partial charge in [-0.2, -0.15) is 0 Å². The number of nitrogens with zero attached hydrogens (tertiary/aromatic N) is 1. The zero-order valence-corrected chi connectivity index (χ0v) is 19.8. The number of sulfonamides is 1. The van der Waals surface area contributed by atoms with Gasteiger partial charge in [0.15, 0.2) is 0 Å². The molecule has 9 nitrogen and oxygen atoms in total. The molecule has 0 radical (unpaired) electrons. The lowest BCUT2D eigenvalue weighted by atomic mass is 10.2. The predicted octanol–water partition coefficient (Wildman–Crippen LogP) is 3.25. The highest BCUT2D eigenvalue weighted by Crippen LogP contribution is 2.18. The van der Waals surface area contributed by atoms with Gasteiger partial charge in [0.25, 0.3) is 5.91 Å². The van der Waals surface area contributed by atoms with Crippen LogP contribution < -0.4 is 20.7 Å². The lowest BCUT2D eigenvalue weighted by Crippen LogP contribution is -2.23. The van der Waals surface area contributed by atoms with E-state index in [-0.39, 0.29) is 23.3 Å². The molecular weight excluding hydrogens is 456 g/mol. The van der Waals surface area contributed by atoms with Gasteiger partial charge >= 0.3 is 0 Å². The first-order chi connectivity index (χ1) is 16.2. The third-order valence-corrected chi connectivity index (χ3v) is 6.69. The van der Waals surface area contributed by atoms with Crippen LogP contribution in [0.4, 0.5) is 17.1 Å². The second-order valence-electron chi connectivity index (χ2n) is 7.47. The first kappa shape index (κ1) is 24.7. The molecule has 0 atom stereocenters. The number of carbonyl (C=O) groups excluding carboxylic acids is 2. The van der Waals surface area contributed by atoms with Crippen LogP contribution in [0.5, 0.6) is 5.75 Å². The molecule has 0 aromatic heterocycles. The lowest BCUT2D eigenvalue weighted by molar-refractivity contribution is -0.114. The molecule has 0 aliphatic carbocycles. The van der Waals surface area contributed by atoms with Crippen molar-refractivity contribution in [1.29, 1.82) is 0 Å². The smallest absolute Gasteiger partial charge is 0.255 e. The lowest BCUT2D eigenvalue weighted by Gasteiger charge is -2.12. The molecule has 0 aliphatic heterocycles. The number of ether oxygens (including phenoxy) is 1. The molecule has 34 heavy (non-hydrogen) atoms. The molecule has 3 aromatic rings. The molecular formula is C24H26N4O5S. The van der Waals surface area contributed by atoms with Crippen molar-refractivity contribution in [3.63, 3.8) is 0 Å². The molecule has 0 aliphatic rings. The van der Waals surface area contributed by atoms with E-state index in [9.17, 15) is 18.0 Å². The van der Waals surface area contributed by atoms with E-state index in [2.05, 4.69) is 16.0 Å². The molecule has 3 N–H and O–H groups in total. The third-order valence-electron chi connectivity index (χ3n) is 4.86. The Morgan fingerprint density at radius 2 is 1.32 bits per heavy atom. The fourth-order valence-corrected chi connectivity index (χ4v) is 3.83. The van der Waals surface area contributed by atoms with Crippen molar-refractivity contribution in [3.8, 4) is 5.75 Å². The summed E-state index contributed by atoms with van der Waals surface area (Å²) in [6.07, 6.45) is 0. The molecule has 0 unspecified atom stereocenters. The van der Waals surface area contributed by atoms with Gasteiger partial charge in [-0.3, -0.25) is 9.59 Å². The average Bonchev–Trinajstić information content (AvgIpc) is 2.83. The second kappa shape index (κ2) is 10.8. The summed E-state index contributed by atoms with van der Waals surface area (Å²) >= 11 is 0. The van der Waals surface area contributed by atoms with Crippen LogP contribution in [0.3, 0.4) is 0 Å². The fourth-order valence-electron chi connectivity index (χ4n) is 2.93. The van der Waals surface area contributed by atoms with Gasteiger partial charge in [0.2, 0.25) is 15.9 Å². The Morgan fingerprint density at radius 3 is 1.88 bits per heavy atom. The van der Waals surface area contributed by atoms with Gasteiger partial charge in [-0.25, -0.2) is 12.7 Å². The number of benzene rings is 3. The number of amides is 2. The number of nitrogens with one attached hydrogen (secondary N) is 3. The van der Waals surface area contributed by atoms with Gasteiger partial charge in [0.1, 0.15) is 5.75 Å². The molecule has 10 heteroatoms. The zero-order chi connectivity index (χ0) is 24.7. The van der Waals surface area contributed by atoms with Crippen LogP contribution in [0.25, 0.3) is 0 Å². The molecule has 2 amide bonds. The maximum atomic E-state index is 12.4. The van der Waals surface area contributed by atoms with E-state index in [1.54, 1.807) is 55.6 Å². The fraction of sp³-hybridized carbons (Fsp3) is 0.167. The van der Waals surface area contributed by atoms with Gasteiger partial charge in [-0.1, -0.05) is 0 Å². The monoisotopic (exact) mass is 482 g/mol. The number of methoxy groups -OCH3 is 1. The second-order valence-corrected chi connectivity index (χ2v) is 9.63. The van der Waals surface area contributed by atoms with Gasteiger partial charge < -0.3 is 20.7 Å². The Hall–Kier alpha value is -3.89. The summed E-state index contributed by atoms with van der Waals surface area (Å²) < 4.78 is 30.4. The Labute approximate surface area is 198 Å². The average molecular weight is 483 g/mol. The number of rotatable bonds is 9. The topological polar surface area (TPSA) is 117 Å². The van der Waals surface area contributed by atoms with Crippen molar-refractivity contribution in [2.24, 2.45) is 0 Å². The van der Waals surface area contributed by atoms with Crippen LogP contribution in [-0.2, 0) is 14.8 Å². The van der Waals surface area contributed by atoms with E-state index in [4.69, 9.17) is 4.74 Å². The first-order valence-electron chi connectivity index (χ1n) is 10.3. The van der Waals surface area contributed by atoms with Crippen molar-refractivity contribution in [1.82, 2.24) is 4.31 Å². The maximum Gasteiger partial charge on any atom is 0.255 e. The van der Waals surface area contributed by atoms with Crippen LogP contribution in [-0.4, -0.2) is 52.3 Å². The highest BCUT2D eigenvalue weighted by atomic mass is 32.2. The van der Waals surface area contributed by atoms with E-state index >= 15 is 0 Å². The van der Waals surface area contributed by atoms with E-state index in [1.165, 1.54) is 38.4 Å². The molecule has 0 fully saturated rings. The van der Waals surface area contributed by atoms with Crippen LogP contribution in [0.2, 0.25) is 0 Å². The van der Waals surface area contributed by atoms with Crippen LogP contribution in [0.1, 0.15) is 10.4 Å². The van der Waals surface area contributed by atoms with Crippen molar-refractivity contribution < 1.29 is 22.7 Å². The van der Waals surface area contributed by atoms with Crippen LogP contribution in [0.15, 0.2) is 77.7 Å². The third kappa shape index (κ3) is 6.33. The van der Waals surface area contributed by atoms with Gasteiger partial charge in [-0.05, 0) is 72.8 Å². The standard InChI is InChI=1S/C24H26N4O5S/c1-28(2)34(31,32)22-14-10-19(11-15-22)26-23(29)16-25-18-6-4-17(5-7-18)24(30)27-20-8-12-21(33-3)13-9-20/h4-15,25H,16H2,1-3H3,(H,26,29)(H,27,30). The van der Waals surface area contributed by atoms with Crippen molar-refractivity contribution in [3.05, 3.63) is 78.4 Å². The first-order valence-corrected chi connectivity index (χ1v) is 11.7. The highest BCUT2D eigenvalue weighted by molar-refractivity contribution is 7.89. The van der Waals surface area contributed by atoms with Crippen molar-refractivity contribution in [2.75, 3.05) is 43.7 Å². The summed E-state index contributed by atoms with van der Waals surface area (Å²) in [5.41, 5.74) is 2.27. The maximum absolute atomic E-state index is 12.4. The van der Waals surface area contributed by atoms with Gasteiger partial charge in [0.05, 0.1) is 18.6 Å². The molecule has 0 heterocycles. The normalized spacial score (nSPS) is 11.1. The minimum Gasteiger partial charge on any atom is -0.497 e. The summed E-state index contributed by atoms with van der Waals surface area (Å²) in [5, 5.41) is 8.49. The van der Waals surface area contributed by atoms with E-state index < -0.39 is 10.0 Å². The van der Waals surface area contributed by atoms with Crippen molar-refractivity contribution in [2.45, 2.75) is 4.90 Å². The molecule has 0 bridgehead atoms. The summed E-state index contributed by atoms with van der Waals surface area (Å²) in [6.45, 7) is -0.00482. The van der Waals surface area contributed by atoms with Gasteiger partial charge in [-0.15, -0.1) is 0 Å². The molecule has 3 rings (SSSR count). The number of hydrogen-bond acceptors (Lipinski definition) is 6. The summed E-state index contributed by atoms with van der Waals surface area (Å²) in [6, 6.07) is 19.7. The van der Waals surface area contributed by atoms with E-state index in [0.717, 1.165) is 4.31 Å². The Balaban J connectivity index is 1.50. The highest BCUT2D eigenvalue weighted by Gasteiger charge is 2.16. The van der Waals surface area contributed by atoms with Crippen LogP contribution in [0, 0.1) is 0 Å². The van der Waals surface area contributed by atoms with Crippen molar-refractivity contribution >= 4 is 38.9 Å². The summed E-state index contributed by atoms with van der Waals surface area (Å²) in [4.78, 5) is 24.8. The predicted molar refractivity (Wildman–Crippen MR) is 132 cm³/mol. The summed E-state index contributed by atoms with van der Waals surface area (Å²) in [5.74, 6) is 0.144. The number of carbonyl (C=O) groups is 2. The summed E-state index contributed by atoms with van der Waals surface area (Å²) in [7, 11) is 0.960. The minimum absolute atomic E-state index is 0.00482. The van der Waals surface area contributed by atoms with E-state index in [1.807, 2.05) is 0 Å². The molecule has 0 saturated heterocycles. The Kier molecular flexibility index (Phi) is 7.87. The molecule has 178 valence electrons. The quantitative estimate of drug-likeness (QED) is 0.431. The van der Waals surface area contributed by atoms with E-state index in [0.29, 0.717) is 28.4 Å². The zero-order valence-electron chi connectivity index (χ0n) is 19.0. The number of hydrogen-bond donors (Lipinski definition) is 3. The van der Waals surface area contributed by atoms with Gasteiger partial charge in [0, 0.05) is 36.7 Å². The van der Waals surface area contributed by atoms with Crippen LogP contribution >= 0.6 is 0 Å². The molecule has 0 spiro atoms. The largest absolute Gasteiger partial charge is 0.497 e. The number of anilines is 3. The molecule has 0 saturated carbocycles. The Morgan fingerprint density at radius 1 is 0.794 bits per heavy atom.